The second kappa shape index (κ2) is 6.25. The van der Waals surface area contributed by atoms with Crippen LogP contribution in [0.2, 0.25) is 0 Å². The number of benzene rings is 1. The number of phenolic OH excluding ortho intramolecular Hbond substituents is 2. The number of aldehydes is 1. The molecule has 0 heterocycles. The molecular formula is C13H18O4. The van der Waals surface area contributed by atoms with Gasteiger partial charge in [-0.15, -0.1) is 0 Å². The van der Waals surface area contributed by atoms with Gasteiger partial charge in [0, 0.05) is 7.11 Å². The van der Waals surface area contributed by atoms with Gasteiger partial charge in [0.15, 0.2) is 17.8 Å². The molecule has 17 heavy (non-hydrogen) atoms. The van der Waals surface area contributed by atoms with Crippen LogP contribution in [0, 0.1) is 0 Å². The Hall–Kier alpha value is -1.55. The summed E-state index contributed by atoms with van der Waals surface area (Å²) in [6.45, 7) is 2.07. The van der Waals surface area contributed by atoms with Crippen molar-refractivity contribution < 1.29 is 19.7 Å². The van der Waals surface area contributed by atoms with E-state index in [1.807, 2.05) is 0 Å². The Balaban J connectivity index is 3.10. The van der Waals surface area contributed by atoms with E-state index in [0.717, 1.165) is 19.3 Å². The molecule has 0 radical (unpaired) electrons. The first-order valence-corrected chi connectivity index (χ1v) is 5.68. The van der Waals surface area contributed by atoms with Crippen molar-refractivity contribution in [2.45, 2.75) is 32.3 Å². The fourth-order valence-electron chi connectivity index (χ4n) is 1.81. The van der Waals surface area contributed by atoms with Crippen LogP contribution in [0.15, 0.2) is 12.1 Å². The summed E-state index contributed by atoms with van der Waals surface area (Å²) in [6.07, 6.45) is 3.08. The van der Waals surface area contributed by atoms with Crippen molar-refractivity contribution in [2.24, 2.45) is 0 Å². The van der Waals surface area contributed by atoms with Crippen molar-refractivity contribution >= 4 is 6.29 Å². The van der Waals surface area contributed by atoms with Gasteiger partial charge >= 0.3 is 0 Å². The normalized spacial score (nSPS) is 12.4. The molecule has 1 unspecified atom stereocenters. The molecule has 4 heteroatoms. The average Bonchev–Trinajstić information content (AvgIpc) is 2.34. The maximum atomic E-state index is 11.0. The maximum Gasteiger partial charge on any atom is 0.168 e. The molecule has 4 nitrogen and oxygen atoms in total. The SMILES string of the molecule is CCCCC(OC)c1ccc(O)c(O)c1C=O. The molecule has 0 saturated carbocycles. The van der Waals surface area contributed by atoms with Gasteiger partial charge in [-0.2, -0.15) is 0 Å². The summed E-state index contributed by atoms with van der Waals surface area (Å²) in [4.78, 5) is 11.0. The van der Waals surface area contributed by atoms with E-state index in [0.29, 0.717) is 11.8 Å². The minimum atomic E-state index is -0.379. The third kappa shape index (κ3) is 2.97. The standard InChI is InChI=1S/C13H18O4/c1-3-4-5-12(17-2)9-6-7-11(15)13(16)10(9)8-14/h6-8,12,15-16H,3-5H2,1-2H3. The van der Waals surface area contributed by atoms with Gasteiger partial charge in [-0.1, -0.05) is 25.8 Å². The molecule has 0 saturated heterocycles. The van der Waals surface area contributed by atoms with Crippen molar-refractivity contribution in [3.8, 4) is 11.5 Å². The molecule has 0 aliphatic carbocycles. The van der Waals surface area contributed by atoms with Crippen LogP contribution in [0.5, 0.6) is 11.5 Å². The Bertz CT molecular complexity index is 387. The number of hydrogen-bond acceptors (Lipinski definition) is 4. The highest BCUT2D eigenvalue weighted by Crippen LogP contribution is 2.35. The first-order chi connectivity index (χ1) is 8.15. The lowest BCUT2D eigenvalue weighted by atomic mass is 9.98. The topological polar surface area (TPSA) is 66.8 Å². The number of carbonyl (C=O) groups is 1. The quantitative estimate of drug-likeness (QED) is 0.590. The number of rotatable bonds is 6. The van der Waals surface area contributed by atoms with Crippen LogP contribution in [-0.2, 0) is 4.74 Å². The molecule has 94 valence electrons. The number of aromatic hydroxyl groups is 2. The second-order valence-electron chi connectivity index (χ2n) is 3.92. The van der Waals surface area contributed by atoms with E-state index in [9.17, 15) is 15.0 Å². The lowest BCUT2D eigenvalue weighted by molar-refractivity contribution is 0.0911. The van der Waals surface area contributed by atoms with Gasteiger partial charge in [-0.3, -0.25) is 4.79 Å². The Morgan fingerprint density at radius 2 is 2.12 bits per heavy atom. The molecule has 2 N–H and O–H groups in total. The number of ether oxygens (including phenoxy) is 1. The first kappa shape index (κ1) is 13.5. The zero-order valence-electron chi connectivity index (χ0n) is 10.1. The number of hydrogen-bond donors (Lipinski definition) is 2. The molecule has 0 amide bonds. The number of carbonyl (C=O) groups excluding carboxylic acids is 1. The van der Waals surface area contributed by atoms with Crippen LogP contribution in [-0.4, -0.2) is 23.6 Å². The van der Waals surface area contributed by atoms with Crippen LogP contribution in [0.25, 0.3) is 0 Å². The second-order valence-corrected chi connectivity index (χ2v) is 3.92. The van der Waals surface area contributed by atoms with Crippen molar-refractivity contribution in [2.75, 3.05) is 7.11 Å². The summed E-state index contributed by atoms with van der Waals surface area (Å²) >= 11 is 0. The predicted octanol–water partition coefficient (Wildman–Crippen LogP) is 2.79. The highest BCUT2D eigenvalue weighted by molar-refractivity contribution is 5.83. The van der Waals surface area contributed by atoms with Gasteiger partial charge in [0.25, 0.3) is 0 Å². The van der Waals surface area contributed by atoms with Gasteiger partial charge in [-0.05, 0) is 18.1 Å². The zero-order chi connectivity index (χ0) is 12.8. The molecule has 1 rings (SSSR count). The Labute approximate surface area is 101 Å². The lowest BCUT2D eigenvalue weighted by Gasteiger charge is -2.18. The smallest absolute Gasteiger partial charge is 0.168 e. The molecule has 0 aromatic heterocycles. The van der Waals surface area contributed by atoms with Crippen molar-refractivity contribution in [3.05, 3.63) is 23.3 Å². The summed E-state index contributed by atoms with van der Waals surface area (Å²) in [5, 5.41) is 18.9. The van der Waals surface area contributed by atoms with Crippen LogP contribution in [0.3, 0.4) is 0 Å². The minimum Gasteiger partial charge on any atom is -0.504 e. The van der Waals surface area contributed by atoms with Crippen LogP contribution in [0.1, 0.15) is 48.2 Å². The fourth-order valence-corrected chi connectivity index (χ4v) is 1.81. The van der Waals surface area contributed by atoms with E-state index in [1.54, 1.807) is 13.2 Å². The van der Waals surface area contributed by atoms with Crippen LogP contribution < -0.4 is 0 Å². The van der Waals surface area contributed by atoms with Gasteiger partial charge in [0.1, 0.15) is 0 Å². The summed E-state index contributed by atoms with van der Waals surface area (Å²) in [5.41, 5.74) is 0.721. The molecule has 0 spiro atoms. The Morgan fingerprint density at radius 1 is 1.41 bits per heavy atom. The maximum absolute atomic E-state index is 11.0. The number of methoxy groups -OCH3 is 1. The highest BCUT2D eigenvalue weighted by Gasteiger charge is 2.18. The monoisotopic (exact) mass is 238 g/mol. The van der Waals surface area contributed by atoms with Gasteiger partial charge in [-0.25, -0.2) is 0 Å². The molecular weight excluding hydrogens is 220 g/mol. The van der Waals surface area contributed by atoms with Crippen LogP contribution >= 0.6 is 0 Å². The van der Waals surface area contributed by atoms with Crippen LogP contribution in [0.4, 0.5) is 0 Å². The molecule has 1 aromatic rings. The largest absolute Gasteiger partial charge is 0.504 e. The van der Waals surface area contributed by atoms with Crippen molar-refractivity contribution in [1.82, 2.24) is 0 Å². The summed E-state index contributed by atoms with van der Waals surface area (Å²) in [6, 6.07) is 2.98. The molecule has 0 bridgehead atoms. The third-order valence-corrected chi connectivity index (χ3v) is 2.80. The predicted molar refractivity (Wildman–Crippen MR) is 64.4 cm³/mol. The number of unbranched alkanes of at least 4 members (excludes halogenated alkanes) is 1. The van der Waals surface area contributed by atoms with Gasteiger partial charge in [0.05, 0.1) is 11.7 Å². The molecule has 1 aromatic carbocycles. The summed E-state index contributed by atoms with van der Waals surface area (Å²) in [7, 11) is 1.57. The zero-order valence-corrected chi connectivity index (χ0v) is 10.1. The third-order valence-electron chi connectivity index (χ3n) is 2.80. The van der Waals surface area contributed by atoms with E-state index < -0.39 is 0 Å². The minimum absolute atomic E-state index is 0.105. The fraction of sp³-hybridized carbons (Fsp3) is 0.462. The Morgan fingerprint density at radius 3 is 2.65 bits per heavy atom. The van der Waals surface area contributed by atoms with E-state index >= 15 is 0 Å². The lowest BCUT2D eigenvalue weighted by Crippen LogP contribution is -2.05. The van der Waals surface area contributed by atoms with E-state index in [1.165, 1.54) is 6.07 Å². The van der Waals surface area contributed by atoms with E-state index in [4.69, 9.17) is 4.74 Å². The van der Waals surface area contributed by atoms with Crippen molar-refractivity contribution in [1.29, 1.82) is 0 Å². The highest BCUT2D eigenvalue weighted by atomic mass is 16.5. The Kier molecular flexibility index (Phi) is 4.97. The molecule has 0 fully saturated rings. The van der Waals surface area contributed by atoms with E-state index in [-0.39, 0.29) is 23.2 Å². The molecule has 0 aliphatic rings. The van der Waals surface area contributed by atoms with E-state index in [2.05, 4.69) is 6.92 Å². The molecule has 1 atom stereocenters. The summed E-state index contributed by atoms with van der Waals surface area (Å²) < 4.78 is 5.32. The summed E-state index contributed by atoms with van der Waals surface area (Å²) in [5.74, 6) is -0.669. The van der Waals surface area contributed by atoms with Gasteiger partial charge < -0.3 is 14.9 Å². The van der Waals surface area contributed by atoms with Crippen molar-refractivity contribution in [3.63, 3.8) is 0 Å². The molecule has 0 aliphatic heterocycles. The van der Waals surface area contributed by atoms with Gasteiger partial charge in [0.2, 0.25) is 0 Å². The first-order valence-electron chi connectivity index (χ1n) is 5.68. The average molecular weight is 238 g/mol. The number of phenols is 2.